The summed E-state index contributed by atoms with van der Waals surface area (Å²) in [5, 5.41) is 16.1. The van der Waals surface area contributed by atoms with Crippen LogP contribution < -0.4 is 15.4 Å². The first-order valence-corrected chi connectivity index (χ1v) is 8.93. The summed E-state index contributed by atoms with van der Waals surface area (Å²) in [5.74, 6) is 0.505. The molecule has 0 spiro atoms. The summed E-state index contributed by atoms with van der Waals surface area (Å²) >= 11 is 0. The molecule has 0 bridgehead atoms. The third-order valence-electron chi connectivity index (χ3n) is 4.21. The summed E-state index contributed by atoms with van der Waals surface area (Å²) in [7, 11) is 0. The van der Waals surface area contributed by atoms with Gasteiger partial charge in [0.2, 0.25) is 0 Å². The number of aliphatic imine (C=N–C) groups is 1. The lowest BCUT2D eigenvalue weighted by molar-refractivity contribution is -0.274. The predicted molar refractivity (Wildman–Crippen MR) is 110 cm³/mol. The lowest BCUT2D eigenvalue weighted by Crippen LogP contribution is -2.45. The molecule has 0 unspecified atom stereocenters. The molecular weight excluding hydrogens is 474 g/mol. The highest BCUT2D eigenvalue weighted by Crippen LogP contribution is 2.23. The zero-order chi connectivity index (χ0) is 19.0. The number of ether oxygens (including phenoxy) is 1. The number of hydrogen-bond donors (Lipinski definition) is 3. The van der Waals surface area contributed by atoms with Crippen LogP contribution in [0.5, 0.6) is 5.75 Å². The van der Waals surface area contributed by atoms with Crippen molar-refractivity contribution >= 4 is 29.9 Å². The van der Waals surface area contributed by atoms with E-state index in [4.69, 9.17) is 0 Å². The first kappa shape index (κ1) is 23.8. The van der Waals surface area contributed by atoms with Crippen LogP contribution in [0.4, 0.5) is 13.2 Å². The minimum absolute atomic E-state index is 0. The normalized spacial score (nSPS) is 20.6. The van der Waals surface area contributed by atoms with Gasteiger partial charge in [0.25, 0.3) is 0 Å². The largest absolute Gasteiger partial charge is 0.573 e. The van der Waals surface area contributed by atoms with Gasteiger partial charge >= 0.3 is 6.36 Å². The molecule has 5 nitrogen and oxygen atoms in total. The van der Waals surface area contributed by atoms with E-state index in [-0.39, 0.29) is 35.8 Å². The van der Waals surface area contributed by atoms with E-state index in [1.807, 2.05) is 6.92 Å². The van der Waals surface area contributed by atoms with E-state index < -0.39 is 6.36 Å². The van der Waals surface area contributed by atoms with Gasteiger partial charge in [0.1, 0.15) is 5.75 Å². The Hall–Kier alpha value is -1.23. The number of halogens is 4. The Morgan fingerprint density at radius 1 is 1.19 bits per heavy atom. The zero-order valence-electron chi connectivity index (χ0n) is 15.3. The van der Waals surface area contributed by atoms with Gasteiger partial charge in [-0.3, -0.25) is 4.99 Å². The van der Waals surface area contributed by atoms with E-state index in [9.17, 15) is 18.3 Å². The fourth-order valence-electron chi connectivity index (χ4n) is 2.89. The highest BCUT2D eigenvalue weighted by molar-refractivity contribution is 14.0. The molecule has 0 atom stereocenters. The molecule has 1 aliphatic carbocycles. The summed E-state index contributed by atoms with van der Waals surface area (Å²) in [5.41, 5.74) is 0.889. The Bertz CT molecular complexity index is 574. The van der Waals surface area contributed by atoms with Crippen molar-refractivity contribution in [1.29, 1.82) is 0 Å². The quantitative estimate of drug-likeness (QED) is 0.317. The standard InChI is InChI=1S/C18H26F3N3O2.HI/c1-2-22-17(24-14-5-7-15(25)8-6-14)23-12-11-13-3-9-16(10-4-13)26-18(19,20)21;/h3-4,9-10,14-15,25H,2,5-8,11-12H2,1H3,(H2,22,23,24);1H. The molecule has 0 radical (unpaired) electrons. The lowest BCUT2D eigenvalue weighted by Gasteiger charge is -2.27. The number of hydrogen-bond acceptors (Lipinski definition) is 3. The molecule has 1 aromatic rings. The van der Waals surface area contributed by atoms with Gasteiger partial charge in [-0.15, -0.1) is 37.1 Å². The van der Waals surface area contributed by atoms with Gasteiger partial charge in [-0.2, -0.15) is 0 Å². The van der Waals surface area contributed by atoms with Crippen LogP contribution >= 0.6 is 24.0 Å². The van der Waals surface area contributed by atoms with Crippen LogP contribution in [0, 0.1) is 0 Å². The molecule has 2 rings (SSSR count). The second-order valence-corrected chi connectivity index (χ2v) is 6.35. The molecule has 1 fully saturated rings. The van der Waals surface area contributed by atoms with E-state index in [0.717, 1.165) is 43.8 Å². The minimum atomic E-state index is -4.67. The van der Waals surface area contributed by atoms with Crippen molar-refractivity contribution in [3.05, 3.63) is 29.8 Å². The fraction of sp³-hybridized carbons (Fsp3) is 0.611. The predicted octanol–water partition coefficient (Wildman–Crippen LogP) is 3.60. The van der Waals surface area contributed by atoms with Crippen molar-refractivity contribution in [2.45, 2.75) is 57.5 Å². The van der Waals surface area contributed by atoms with Gasteiger partial charge in [-0.25, -0.2) is 0 Å². The molecule has 154 valence electrons. The molecular formula is C18H27F3IN3O2. The average Bonchev–Trinajstić information content (AvgIpc) is 2.57. The topological polar surface area (TPSA) is 65.9 Å². The summed E-state index contributed by atoms with van der Waals surface area (Å²) in [6, 6.07) is 6.14. The Labute approximate surface area is 174 Å². The Kier molecular flexibility index (Phi) is 10.2. The Morgan fingerprint density at radius 3 is 2.37 bits per heavy atom. The summed E-state index contributed by atoms with van der Waals surface area (Å²) in [6.45, 7) is 3.25. The molecule has 0 saturated heterocycles. The van der Waals surface area contributed by atoms with Gasteiger partial charge in [-0.05, 0) is 56.7 Å². The molecule has 0 amide bonds. The van der Waals surface area contributed by atoms with E-state index in [0.29, 0.717) is 19.0 Å². The number of aliphatic hydroxyl groups excluding tert-OH is 1. The van der Waals surface area contributed by atoms with E-state index in [1.54, 1.807) is 12.1 Å². The van der Waals surface area contributed by atoms with E-state index in [1.165, 1.54) is 12.1 Å². The number of benzene rings is 1. The van der Waals surface area contributed by atoms with Crippen molar-refractivity contribution in [2.24, 2.45) is 4.99 Å². The third-order valence-corrected chi connectivity index (χ3v) is 4.21. The number of aliphatic hydroxyl groups is 1. The maximum atomic E-state index is 12.2. The highest BCUT2D eigenvalue weighted by atomic mass is 127. The summed E-state index contributed by atoms with van der Waals surface area (Å²) < 4.78 is 40.3. The van der Waals surface area contributed by atoms with Gasteiger partial charge < -0.3 is 20.5 Å². The monoisotopic (exact) mass is 501 g/mol. The maximum absolute atomic E-state index is 12.2. The first-order valence-electron chi connectivity index (χ1n) is 8.93. The number of nitrogens with zero attached hydrogens (tertiary/aromatic N) is 1. The number of nitrogens with one attached hydrogen (secondary N) is 2. The zero-order valence-corrected chi connectivity index (χ0v) is 17.6. The third kappa shape index (κ3) is 9.50. The van der Waals surface area contributed by atoms with Gasteiger partial charge in [0.05, 0.1) is 6.10 Å². The molecule has 3 N–H and O–H groups in total. The number of alkyl halides is 3. The Morgan fingerprint density at radius 2 is 1.81 bits per heavy atom. The van der Waals surface area contributed by atoms with Gasteiger partial charge in [0.15, 0.2) is 5.96 Å². The lowest BCUT2D eigenvalue weighted by atomic mass is 9.93. The van der Waals surface area contributed by atoms with Crippen LogP contribution in [-0.4, -0.2) is 42.7 Å². The van der Waals surface area contributed by atoms with Crippen LogP contribution in [0.25, 0.3) is 0 Å². The SMILES string of the molecule is CCNC(=NCCc1ccc(OC(F)(F)F)cc1)NC1CCC(O)CC1.I. The van der Waals surface area contributed by atoms with Crippen molar-refractivity contribution in [3.63, 3.8) is 0 Å². The number of guanidine groups is 1. The molecule has 1 aliphatic rings. The van der Waals surface area contributed by atoms with Crippen LogP contribution in [0.1, 0.15) is 38.2 Å². The van der Waals surface area contributed by atoms with Crippen LogP contribution in [0.3, 0.4) is 0 Å². The van der Waals surface area contributed by atoms with Crippen molar-refractivity contribution in [3.8, 4) is 5.75 Å². The van der Waals surface area contributed by atoms with Gasteiger partial charge in [0, 0.05) is 19.1 Å². The van der Waals surface area contributed by atoms with Crippen LogP contribution in [0.15, 0.2) is 29.3 Å². The molecule has 27 heavy (non-hydrogen) atoms. The van der Waals surface area contributed by atoms with Crippen LogP contribution in [-0.2, 0) is 6.42 Å². The van der Waals surface area contributed by atoms with Crippen molar-refractivity contribution in [1.82, 2.24) is 10.6 Å². The molecule has 9 heteroatoms. The van der Waals surface area contributed by atoms with Gasteiger partial charge in [-0.1, -0.05) is 12.1 Å². The van der Waals surface area contributed by atoms with Crippen molar-refractivity contribution < 1.29 is 23.0 Å². The first-order chi connectivity index (χ1) is 12.4. The molecule has 0 heterocycles. The minimum Gasteiger partial charge on any atom is -0.406 e. The maximum Gasteiger partial charge on any atom is 0.573 e. The van der Waals surface area contributed by atoms with Crippen LogP contribution in [0.2, 0.25) is 0 Å². The smallest absolute Gasteiger partial charge is 0.406 e. The summed E-state index contributed by atoms with van der Waals surface area (Å²) in [6.07, 6.45) is -0.845. The second-order valence-electron chi connectivity index (χ2n) is 6.35. The fourth-order valence-corrected chi connectivity index (χ4v) is 2.89. The second kappa shape index (κ2) is 11.6. The number of rotatable bonds is 6. The van der Waals surface area contributed by atoms with Crippen molar-refractivity contribution in [2.75, 3.05) is 13.1 Å². The van der Waals surface area contributed by atoms with E-state index in [2.05, 4.69) is 20.4 Å². The molecule has 1 aromatic carbocycles. The molecule has 0 aromatic heterocycles. The molecule has 1 saturated carbocycles. The van der Waals surface area contributed by atoms with E-state index >= 15 is 0 Å². The Balaban J connectivity index is 0.00000364. The summed E-state index contributed by atoms with van der Waals surface area (Å²) in [4.78, 5) is 4.52. The highest BCUT2D eigenvalue weighted by Gasteiger charge is 2.30. The average molecular weight is 501 g/mol. The molecule has 0 aliphatic heterocycles.